The molecule has 0 spiro atoms. The number of hydrogen-bond acceptors (Lipinski definition) is 10. The van der Waals surface area contributed by atoms with Gasteiger partial charge in [0.05, 0.1) is 41.1 Å². The van der Waals surface area contributed by atoms with E-state index in [0.717, 1.165) is 31.6 Å². The number of aliphatic hydroxyl groups is 1. The lowest BCUT2D eigenvalue weighted by atomic mass is 10.1. The maximum atomic E-state index is 13.0. The van der Waals surface area contributed by atoms with Crippen LogP contribution in [0.25, 0.3) is 11.2 Å². The standard InChI is InChI=1S/C26H31N7O4S/c1-16(2)38(35,36)22-7-5-4-6-20(22)29-25-23-24(28-15-27-23)31-26(32-25)30-19-9-8-17(14-21(19)37-3)33-12-10-18(34)11-13-33/h4-9,14-16,18,34H,10-13H2,1-3H3,(H3,27,28,29,30,31,32). The number of imidazole rings is 1. The van der Waals surface area contributed by atoms with Crippen LogP contribution in [0.4, 0.5) is 28.8 Å². The molecule has 1 aliphatic rings. The first-order valence-corrected chi connectivity index (χ1v) is 14.0. The van der Waals surface area contributed by atoms with Crippen molar-refractivity contribution in [3.05, 3.63) is 48.8 Å². The maximum Gasteiger partial charge on any atom is 0.231 e. The lowest BCUT2D eigenvalue weighted by molar-refractivity contribution is 0.145. The number of rotatable bonds is 8. The number of H-pyrrole nitrogens is 1. The van der Waals surface area contributed by atoms with Crippen LogP contribution in [0, 0.1) is 0 Å². The van der Waals surface area contributed by atoms with Crippen molar-refractivity contribution in [3.63, 3.8) is 0 Å². The number of methoxy groups -OCH3 is 1. The van der Waals surface area contributed by atoms with Crippen molar-refractivity contribution < 1.29 is 18.3 Å². The van der Waals surface area contributed by atoms with Crippen molar-refractivity contribution in [2.24, 2.45) is 0 Å². The quantitative estimate of drug-likeness (QED) is 0.260. The summed E-state index contributed by atoms with van der Waals surface area (Å²) in [6, 6.07) is 12.6. The third-order valence-corrected chi connectivity index (χ3v) is 8.82. The molecule has 5 rings (SSSR count). The number of anilines is 5. The van der Waals surface area contributed by atoms with Crippen LogP contribution in [0.3, 0.4) is 0 Å². The zero-order valence-electron chi connectivity index (χ0n) is 21.5. The highest BCUT2D eigenvalue weighted by Crippen LogP contribution is 2.34. The zero-order chi connectivity index (χ0) is 26.9. The molecule has 1 fully saturated rings. The summed E-state index contributed by atoms with van der Waals surface area (Å²) in [5.41, 5.74) is 3.04. The number of benzene rings is 2. The Morgan fingerprint density at radius 1 is 1.08 bits per heavy atom. The van der Waals surface area contributed by atoms with Crippen molar-refractivity contribution in [1.82, 2.24) is 19.9 Å². The first-order chi connectivity index (χ1) is 18.3. The first kappa shape index (κ1) is 25.7. The lowest BCUT2D eigenvalue weighted by Crippen LogP contribution is -2.35. The smallest absolute Gasteiger partial charge is 0.231 e. The van der Waals surface area contributed by atoms with Crippen LogP contribution in [0.1, 0.15) is 26.7 Å². The summed E-state index contributed by atoms with van der Waals surface area (Å²) in [6.45, 7) is 4.86. The number of nitrogens with one attached hydrogen (secondary N) is 3. The van der Waals surface area contributed by atoms with Crippen molar-refractivity contribution >= 4 is 49.8 Å². The number of para-hydroxylation sites is 1. The van der Waals surface area contributed by atoms with Crippen LogP contribution >= 0.6 is 0 Å². The van der Waals surface area contributed by atoms with E-state index >= 15 is 0 Å². The predicted molar refractivity (Wildman–Crippen MR) is 147 cm³/mol. The molecule has 2 aromatic carbocycles. The van der Waals surface area contributed by atoms with E-state index in [0.29, 0.717) is 34.1 Å². The van der Waals surface area contributed by atoms with Crippen molar-refractivity contribution in [3.8, 4) is 5.75 Å². The largest absolute Gasteiger partial charge is 0.494 e. The van der Waals surface area contributed by atoms with Crippen LogP contribution in [0.5, 0.6) is 5.75 Å². The van der Waals surface area contributed by atoms with Gasteiger partial charge in [-0.1, -0.05) is 12.1 Å². The van der Waals surface area contributed by atoms with Gasteiger partial charge < -0.3 is 30.4 Å². The van der Waals surface area contributed by atoms with E-state index in [-0.39, 0.29) is 16.9 Å². The average molecular weight is 538 g/mol. The number of fused-ring (bicyclic) bond motifs is 1. The molecule has 0 bridgehead atoms. The molecule has 4 N–H and O–H groups in total. The molecule has 11 nitrogen and oxygen atoms in total. The van der Waals surface area contributed by atoms with E-state index in [1.54, 1.807) is 45.2 Å². The van der Waals surface area contributed by atoms with Gasteiger partial charge in [-0.05, 0) is 51.0 Å². The van der Waals surface area contributed by atoms with Crippen LogP contribution in [-0.4, -0.2) is 65.0 Å². The second-order valence-corrected chi connectivity index (χ2v) is 11.9. The first-order valence-electron chi connectivity index (χ1n) is 12.5. The third-order valence-electron chi connectivity index (χ3n) is 6.61. The number of nitrogens with zero attached hydrogens (tertiary/aromatic N) is 4. The van der Waals surface area contributed by atoms with Gasteiger partial charge in [-0.2, -0.15) is 9.97 Å². The van der Waals surface area contributed by atoms with Gasteiger partial charge in [0, 0.05) is 24.8 Å². The molecular weight excluding hydrogens is 506 g/mol. The van der Waals surface area contributed by atoms with Crippen molar-refractivity contribution in [1.29, 1.82) is 0 Å². The Balaban J connectivity index is 1.46. The Morgan fingerprint density at radius 3 is 2.58 bits per heavy atom. The number of hydrogen-bond donors (Lipinski definition) is 4. The van der Waals surface area contributed by atoms with Crippen LogP contribution in [-0.2, 0) is 9.84 Å². The van der Waals surface area contributed by atoms with Gasteiger partial charge in [0.1, 0.15) is 5.75 Å². The third kappa shape index (κ3) is 5.09. The predicted octanol–water partition coefficient (Wildman–Crippen LogP) is 3.99. The van der Waals surface area contributed by atoms with Gasteiger partial charge in [0.25, 0.3) is 0 Å². The maximum absolute atomic E-state index is 13.0. The molecule has 38 heavy (non-hydrogen) atoms. The van der Waals surface area contributed by atoms with E-state index in [1.807, 2.05) is 18.2 Å². The topological polar surface area (TPSA) is 145 Å². The van der Waals surface area contributed by atoms with Gasteiger partial charge in [-0.3, -0.25) is 0 Å². The van der Waals surface area contributed by atoms with Crippen LogP contribution in [0.2, 0.25) is 0 Å². The Hall–Kier alpha value is -3.90. The molecule has 0 atom stereocenters. The van der Waals surface area contributed by atoms with Crippen molar-refractivity contribution in [2.75, 3.05) is 35.7 Å². The molecule has 0 aliphatic carbocycles. The fourth-order valence-corrected chi connectivity index (χ4v) is 5.60. The minimum Gasteiger partial charge on any atom is -0.494 e. The summed E-state index contributed by atoms with van der Waals surface area (Å²) >= 11 is 0. The molecule has 0 saturated carbocycles. The molecule has 2 aromatic heterocycles. The molecule has 0 unspecified atom stereocenters. The number of sulfone groups is 1. The molecule has 0 amide bonds. The lowest BCUT2D eigenvalue weighted by Gasteiger charge is -2.31. The second-order valence-electron chi connectivity index (χ2n) is 9.44. The summed E-state index contributed by atoms with van der Waals surface area (Å²) < 4.78 is 31.6. The van der Waals surface area contributed by atoms with Crippen molar-refractivity contribution in [2.45, 2.75) is 42.9 Å². The normalized spacial score (nSPS) is 14.7. The van der Waals surface area contributed by atoms with Gasteiger partial charge >= 0.3 is 0 Å². The average Bonchev–Trinajstić information content (AvgIpc) is 3.39. The molecule has 12 heteroatoms. The number of aromatic nitrogens is 4. The van der Waals surface area contributed by atoms with Gasteiger partial charge in [0.2, 0.25) is 5.95 Å². The molecule has 1 saturated heterocycles. The highest BCUT2D eigenvalue weighted by molar-refractivity contribution is 7.92. The number of piperidine rings is 1. The Bertz CT molecular complexity index is 1550. The van der Waals surface area contributed by atoms with Gasteiger partial charge in [-0.25, -0.2) is 13.4 Å². The molecule has 3 heterocycles. The molecule has 200 valence electrons. The number of aromatic amines is 1. The summed E-state index contributed by atoms with van der Waals surface area (Å²) in [5.74, 6) is 1.25. The molecular formula is C26H31N7O4S. The summed E-state index contributed by atoms with van der Waals surface area (Å²) in [5, 5.41) is 15.6. The van der Waals surface area contributed by atoms with Crippen LogP contribution in [0.15, 0.2) is 53.7 Å². The second kappa shape index (κ2) is 10.5. The summed E-state index contributed by atoms with van der Waals surface area (Å²) in [6.07, 6.45) is 2.73. The Kier molecular flexibility index (Phi) is 7.09. The summed E-state index contributed by atoms with van der Waals surface area (Å²) in [4.78, 5) is 18.9. The molecule has 4 aromatic rings. The molecule has 0 radical (unpaired) electrons. The minimum atomic E-state index is -3.54. The Labute approximate surface area is 221 Å². The Morgan fingerprint density at radius 2 is 1.84 bits per heavy atom. The fourth-order valence-electron chi connectivity index (χ4n) is 4.40. The minimum absolute atomic E-state index is 0.189. The van der Waals surface area contributed by atoms with Gasteiger partial charge in [0.15, 0.2) is 26.8 Å². The highest BCUT2D eigenvalue weighted by atomic mass is 32.2. The zero-order valence-corrected chi connectivity index (χ0v) is 22.3. The summed E-state index contributed by atoms with van der Waals surface area (Å²) in [7, 11) is -1.94. The number of ether oxygens (including phenoxy) is 1. The van der Waals surface area contributed by atoms with E-state index in [9.17, 15) is 13.5 Å². The monoisotopic (exact) mass is 537 g/mol. The fraction of sp³-hybridized carbons (Fsp3) is 0.346. The van der Waals surface area contributed by atoms with Crippen LogP contribution < -0.4 is 20.3 Å². The SMILES string of the molecule is COc1cc(N2CCC(O)CC2)ccc1Nc1nc(Nc2ccccc2S(=O)(=O)C(C)C)c2nc[nH]c2n1. The van der Waals surface area contributed by atoms with E-state index < -0.39 is 15.1 Å². The van der Waals surface area contributed by atoms with E-state index in [1.165, 1.54) is 6.33 Å². The van der Waals surface area contributed by atoms with E-state index in [4.69, 9.17) is 4.74 Å². The van der Waals surface area contributed by atoms with E-state index in [2.05, 4.69) is 35.5 Å². The molecule has 1 aliphatic heterocycles. The number of aliphatic hydroxyl groups excluding tert-OH is 1. The van der Waals surface area contributed by atoms with Gasteiger partial charge in [-0.15, -0.1) is 0 Å². The highest BCUT2D eigenvalue weighted by Gasteiger charge is 2.24.